The van der Waals surface area contributed by atoms with Crippen molar-refractivity contribution in [3.63, 3.8) is 0 Å². The van der Waals surface area contributed by atoms with Gasteiger partial charge in [0.2, 0.25) is 5.95 Å². The Labute approximate surface area is 99.2 Å². The van der Waals surface area contributed by atoms with Gasteiger partial charge in [-0.2, -0.15) is 4.98 Å². The summed E-state index contributed by atoms with van der Waals surface area (Å²) >= 11 is 0. The molecule has 0 aromatic carbocycles. The monoisotopic (exact) mass is 240 g/mol. The third-order valence-corrected chi connectivity index (χ3v) is 2.19. The van der Waals surface area contributed by atoms with Crippen LogP contribution in [0.2, 0.25) is 0 Å². The van der Waals surface area contributed by atoms with Crippen molar-refractivity contribution < 1.29 is 9.66 Å². The number of aromatic nitrogens is 2. The molecule has 2 N–H and O–H groups in total. The predicted octanol–water partition coefficient (Wildman–Crippen LogP) is 1.93. The molecule has 0 amide bonds. The van der Waals surface area contributed by atoms with E-state index in [1.54, 1.807) is 0 Å². The van der Waals surface area contributed by atoms with Gasteiger partial charge in [0.15, 0.2) is 0 Å². The Morgan fingerprint density at radius 3 is 2.88 bits per heavy atom. The molecular formula is C10H16N4O3. The second-order valence-corrected chi connectivity index (χ2v) is 3.58. The molecule has 0 aliphatic rings. The lowest BCUT2D eigenvalue weighted by Gasteiger charge is -2.05. The van der Waals surface area contributed by atoms with Gasteiger partial charge in [0.1, 0.15) is 6.20 Å². The van der Waals surface area contributed by atoms with Crippen LogP contribution in [0.15, 0.2) is 6.20 Å². The van der Waals surface area contributed by atoms with E-state index in [1.807, 2.05) is 0 Å². The van der Waals surface area contributed by atoms with Crippen LogP contribution in [0.4, 0.5) is 11.6 Å². The van der Waals surface area contributed by atoms with Crippen molar-refractivity contribution in [2.75, 3.05) is 12.3 Å². The van der Waals surface area contributed by atoms with Crippen LogP contribution in [-0.4, -0.2) is 21.5 Å². The molecule has 94 valence electrons. The first-order valence-corrected chi connectivity index (χ1v) is 5.55. The number of unbranched alkanes of at least 4 members (excludes halogenated alkanes) is 3. The smallest absolute Gasteiger partial charge is 0.349 e. The van der Waals surface area contributed by atoms with Gasteiger partial charge < -0.3 is 10.5 Å². The summed E-state index contributed by atoms with van der Waals surface area (Å²) in [4.78, 5) is 17.4. The van der Waals surface area contributed by atoms with Gasteiger partial charge in [-0.15, -0.1) is 0 Å². The third kappa shape index (κ3) is 4.21. The van der Waals surface area contributed by atoms with Crippen molar-refractivity contribution in [1.82, 2.24) is 9.97 Å². The lowest BCUT2D eigenvalue weighted by molar-refractivity contribution is -0.386. The van der Waals surface area contributed by atoms with Crippen LogP contribution in [0.3, 0.4) is 0 Å². The molecular weight excluding hydrogens is 224 g/mol. The van der Waals surface area contributed by atoms with Crippen LogP contribution in [0.5, 0.6) is 5.88 Å². The van der Waals surface area contributed by atoms with Crippen LogP contribution in [0.25, 0.3) is 0 Å². The lowest BCUT2D eigenvalue weighted by atomic mass is 10.2. The van der Waals surface area contributed by atoms with Gasteiger partial charge in [0, 0.05) is 0 Å². The molecule has 0 aliphatic carbocycles. The maximum Gasteiger partial charge on any atom is 0.349 e. The lowest BCUT2D eigenvalue weighted by Crippen LogP contribution is -2.05. The number of hydrogen-bond acceptors (Lipinski definition) is 6. The van der Waals surface area contributed by atoms with Crippen molar-refractivity contribution in [1.29, 1.82) is 0 Å². The summed E-state index contributed by atoms with van der Waals surface area (Å²) in [5, 5.41) is 10.7. The highest BCUT2D eigenvalue weighted by atomic mass is 16.6. The number of anilines is 1. The summed E-state index contributed by atoms with van der Waals surface area (Å²) in [7, 11) is 0. The minimum Gasteiger partial charge on any atom is -0.473 e. The van der Waals surface area contributed by atoms with E-state index in [-0.39, 0.29) is 17.5 Å². The molecule has 1 heterocycles. The molecule has 1 rings (SSSR count). The minimum absolute atomic E-state index is 0.0286. The average Bonchev–Trinajstić information content (AvgIpc) is 2.28. The van der Waals surface area contributed by atoms with Crippen LogP contribution in [0, 0.1) is 10.1 Å². The second kappa shape index (κ2) is 6.62. The van der Waals surface area contributed by atoms with Crippen LogP contribution in [-0.2, 0) is 0 Å². The van der Waals surface area contributed by atoms with E-state index in [0.29, 0.717) is 6.61 Å². The van der Waals surface area contributed by atoms with Gasteiger partial charge >= 0.3 is 5.69 Å². The summed E-state index contributed by atoms with van der Waals surface area (Å²) in [6.07, 6.45) is 5.18. The van der Waals surface area contributed by atoms with Crippen molar-refractivity contribution in [3.05, 3.63) is 16.3 Å². The van der Waals surface area contributed by atoms with Crippen LogP contribution >= 0.6 is 0 Å². The molecule has 1 aromatic rings. The minimum atomic E-state index is -0.583. The quantitative estimate of drug-likeness (QED) is 0.443. The molecule has 0 saturated heterocycles. The van der Waals surface area contributed by atoms with Crippen molar-refractivity contribution >= 4 is 11.6 Å². The fraction of sp³-hybridized carbons (Fsp3) is 0.600. The summed E-state index contributed by atoms with van der Waals surface area (Å²) < 4.78 is 5.25. The number of nitro groups is 1. The first-order chi connectivity index (χ1) is 8.15. The van der Waals surface area contributed by atoms with Crippen LogP contribution < -0.4 is 10.5 Å². The molecule has 0 fully saturated rings. The maximum absolute atomic E-state index is 10.7. The zero-order valence-electron chi connectivity index (χ0n) is 9.76. The van der Waals surface area contributed by atoms with Crippen LogP contribution in [0.1, 0.15) is 32.6 Å². The van der Waals surface area contributed by atoms with E-state index in [9.17, 15) is 10.1 Å². The number of rotatable bonds is 7. The number of nitrogens with zero attached hydrogens (tertiary/aromatic N) is 3. The number of nitrogen functional groups attached to an aromatic ring is 1. The Bertz CT molecular complexity index is 384. The second-order valence-electron chi connectivity index (χ2n) is 3.58. The molecule has 0 radical (unpaired) electrons. The topological polar surface area (TPSA) is 104 Å². The van der Waals surface area contributed by atoms with E-state index in [0.717, 1.165) is 31.9 Å². The molecule has 17 heavy (non-hydrogen) atoms. The Hall–Kier alpha value is -1.92. The fourth-order valence-electron chi connectivity index (χ4n) is 1.30. The van der Waals surface area contributed by atoms with E-state index in [2.05, 4.69) is 16.9 Å². The zero-order chi connectivity index (χ0) is 12.7. The molecule has 0 spiro atoms. The van der Waals surface area contributed by atoms with E-state index in [1.165, 1.54) is 0 Å². The zero-order valence-corrected chi connectivity index (χ0v) is 9.76. The molecule has 0 unspecified atom stereocenters. The molecule has 7 nitrogen and oxygen atoms in total. The molecule has 0 aliphatic heterocycles. The van der Waals surface area contributed by atoms with Gasteiger partial charge in [0.25, 0.3) is 5.88 Å². The van der Waals surface area contributed by atoms with Crippen molar-refractivity contribution in [3.8, 4) is 5.88 Å². The largest absolute Gasteiger partial charge is 0.473 e. The fourth-order valence-corrected chi connectivity index (χ4v) is 1.30. The average molecular weight is 240 g/mol. The standard InChI is InChI=1S/C10H16N4O3/c1-2-3-4-5-6-17-9-8(14(15)16)7-12-10(11)13-9/h7H,2-6H2,1H3,(H2,11,12,13). The third-order valence-electron chi connectivity index (χ3n) is 2.19. The summed E-state index contributed by atoms with van der Waals surface area (Å²) in [6, 6.07) is 0. The Balaban J connectivity index is 2.56. The Kier molecular flexibility index (Phi) is 5.12. The highest BCUT2D eigenvalue weighted by Crippen LogP contribution is 2.23. The summed E-state index contributed by atoms with van der Waals surface area (Å²) in [5.74, 6) is -0.0850. The van der Waals surface area contributed by atoms with Gasteiger partial charge in [0.05, 0.1) is 11.5 Å². The number of hydrogen-bond donors (Lipinski definition) is 1. The maximum atomic E-state index is 10.7. The van der Waals surface area contributed by atoms with E-state index in [4.69, 9.17) is 10.5 Å². The Morgan fingerprint density at radius 2 is 2.24 bits per heavy atom. The summed E-state index contributed by atoms with van der Waals surface area (Å²) in [5.41, 5.74) is 5.10. The molecule has 0 bridgehead atoms. The highest BCUT2D eigenvalue weighted by Gasteiger charge is 2.17. The van der Waals surface area contributed by atoms with Gasteiger partial charge in [-0.25, -0.2) is 4.98 Å². The Morgan fingerprint density at radius 1 is 1.47 bits per heavy atom. The SMILES string of the molecule is CCCCCCOc1nc(N)ncc1[N+](=O)[O-]. The number of ether oxygens (including phenoxy) is 1. The van der Waals surface area contributed by atoms with Gasteiger partial charge in [-0.1, -0.05) is 26.2 Å². The number of nitrogens with two attached hydrogens (primary N) is 1. The molecule has 0 atom stereocenters. The van der Waals surface area contributed by atoms with Gasteiger partial charge in [-0.3, -0.25) is 10.1 Å². The molecule has 0 saturated carbocycles. The van der Waals surface area contributed by atoms with Crippen molar-refractivity contribution in [2.24, 2.45) is 0 Å². The molecule has 7 heteroatoms. The first kappa shape index (κ1) is 13.1. The molecule has 1 aromatic heterocycles. The highest BCUT2D eigenvalue weighted by molar-refractivity contribution is 5.41. The van der Waals surface area contributed by atoms with E-state index >= 15 is 0 Å². The predicted molar refractivity (Wildman–Crippen MR) is 62.7 cm³/mol. The van der Waals surface area contributed by atoms with Gasteiger partial charge in [-0.05, 0) is 6.42 Å². The summed E-state index contributed by atoms with van der Waals surface area (Å²) in [6.45, 7) is 2.51. The first-order valence-electron chi connectivity index (χ1n) is 5.55. The van der Waals surface area contributed by atoms with E-state index < -0.39 is 4.92 Å². The van der Waals surface area contributed by atoms with Crippen molar-refractivity contribution in [2.45, 2.75) is 32.6 Å². The normalized spacial score (nSPS) is 10.2.